The van der Waals surface area contributed by atoms with E-state index in [-0.39, 0.29) is 12.6 Å². The molecule has 2 unspecified atom stereocenters. The molecule has 2 rings (SSSR count). The summed E-state index contributed by atoms with van der Waals surface area (Å²) in [6.45, 7) is 4.97. The first-order valence-electron chi connectivity index (χ1n) is 8.47. The molecule has 0 aromatic heterocycles. The summed E-state index contributed by atoms with van der Waals surface area (Å²) in [5.41, 5.74) is 2.45. The zero-order valence-electron chi connectivity index (χ0n) is 14.3. The third kappa shape index (κ3) is 6.16. The molecule has 2 aromatic carbocycles. The standard InChI is InChI=1S/C20H26ClNO2/c1-3-4-16-5-11-20(12-6-16)24-14-19(23)13-22-15(2)17-7-9-18(21)10-8-17/h5-12,15,19,22-23H,3-4,13-14H2,1-2H3. The maximum Gasteiger partial charge on any atom is 0.119 e. The quantitative estimate of drug-likeness (QED) is 0.707. The van der Waals surface area contributed by atoms with E-state index in [9.17, 15) is 5.11 Å². The van der Waals surface area contributed by atoms with Crippen LogP contribution in [0.2, 0.25) is 5.02 Å². The van der Waals surface area contributed by atoms with Crippen LogP contribution in [0.25, 0.3) is 0 Å². The van der Waals surface area contributed by atoms with Crippen LogP contribution in [-0.2, 0) is 6.42 Å². The lowest BCUT2D eigenvalue weighted by Gasteiger charge is -2.18. The average molecular weight is 348 g/mol. The lowest BCUT2D eigenvalue weighted by Crippen LogP contribution is -2.33. The van der Waals surface area contributed by atoms with Crippen molar-refractivity contribution in [3.05, 3.63) is 64.7 Å². The second kappa shape index (κ2) is 9.67. The van der Waals surface area contributed by atoms with E-state index in [1.165, 1.54) is 5.56 Å². The smallest absolute Gasteiger partial charge is 0.119 e. The average Bonchev–Trinajstić information content (AvgIpc) is 2.60. The first-order chi connectivity index (χ1) is 11.6. The van der Waals surface area contributed by atoms with Gasteiger partial charge < -0.3 is 15.2 Å². The number of aliphatic hydroxyl groups is 1. The minimum atomic E-state index is -0.560. The van der Waals surface area contributed by atoms with Crippen LogP contribution in [0.5, 0.6) is 5.75 Å². The van der Waals surface area contributed by atoms with Crippen molar-refractivity contribution in [2.24, 2.45) is 0 Å². The van der Waals surface area contributed by atoms with Crippen LogP contribution < -0.4 is 10.1 Å². The number of ether oxygens (including phenoxy) is 1. The predicted molar refractivity (Wildman–Crippen MR) is 99.8 cm³/mol. The lowest BCUT2D eigenvalue weighted by molar-refractivity contribution is 0.104. The van der Waals surface area contributed by atoms with Crippen molar-refractivity contribution < 1.29 is 9.84 Å². The van der Waals surface area contributed by atoms with Crippen molar-refractivity contribution >= 4 is 11.6 Å². The molecule has 2 atom stereocenters. The van der Waals surface area contributed by atoms with Gasteiger partial charge in [0.15, 0.2) is 0 Å². The molecular weight excluding hydrogens is 322 g/mol. The number of aliphatic hydroxyl groups excluding tert-OH is 1. The molecule has 4 heteroatoms. The highest BCUT2D eigenvalue weighted by molar-refractivity contribution is 6.30. The Balaban J connectivity index is 1.72. The summed E-state index contributed by atoms with van der Waals surface area (Å²) in [4.78, 5) is 0. The molecule has 0 spiro atoms. The number of hydrogen-bond donors (Lipinski definition) is 2. The molecule has 0 saturated heterocycles. The van der Waals surface area contributed by atoms with Crippen LogP contribution in [-0.4, -0.2) is 24.4 Å². The van der Waals surface area contributed by atoms with Gasteiger partial charge in [0.1, 0.15) is 18.5 Å². The second-order valence-corrected chi connectivity index (χ2v) is 6.48. The highest BCUT2D eigenvalue weighted by Gasteiger charge is 2.09. The fourth-order valence-corrected chi connectivity index (χ4v) is 2.60. The fourth-order valence-electron chi connectivity index (χ4n) is 2.47. The van der Waals surface area contributed by atoms with Gasteiger partial charge in [-0.15, -0.1) is 0 Å². The van der Waals surface area contributed by atoms with Gasteiger partial charge in [0.2, 0.25) is 0 Å². The molecule has 0 saturated carbocycles. The minimum Gasteiger partial charge on any atom is -0.491 e. The largest absolute Gasteiger partial charge is 0.491 e. The topological polar surface area (TPSA) is 41.5 Å². The van der Waals surface area contributed by atoms with E-state index in [0.717, 1.165) is 29.2 Å². The molecule has 3 nitrogen and oxygen atoms in total. The summed E-state index contributed by atoms with van der Waals surface area (Å²) in [6.07, 6.45) is 1.65. The van der Waals surface area contributed by atoms with Gasteiger partial charge in [0, 0.05) is 17.6 Å². The van der Waals surface area contributed by atoms with Crippen LogP contribution in [0.1, 0.15) is 37.4 Å². The Kier molecular flexibility index (Phi) is 7.57. The molecule has 130 valence electrons. The summed E-state index contributed by atoms with van der Waals surface area (Å²) in [5, 5.41) is 14.1. The van der Waals surface area contributed by atoms with Crippen LogP contribution in [0.3, 0.4) is 0 Å². The normalized spacial score (nSPS) is 13.5. The van der Waals surface area contributed by atoms with Crippen molar-refractivity contribution in [2.45, 2.75) is 38.8 Å². The highest BCUT2D eigenvalue weighted by atomic mass is 35.5. The Bertz CT molecular complexity index is 598. The molecule has 24 heavy (non-hydrogen) atoms. The monoisotopic (exact) mass is 347 g/mol. The minimum absolute atomic E-state index is 0.144. The molecule has 0 bridgehead atoms. The fraction of sp³-hybridized carbons (Fsp3) is 0.400. The zero-order valence-corrected chi connectivity index (χ0v) is 15.1. The third-order valence-corrected chi connectivity index (χ3v) is 4.19. The van der Waals surface area contributed by atoms with E-state index >= 15 is 0 Å². The SMILES string of the molecule is CCCc1ccc(OCC(O)CNC(C)c2ccc(Cl)cc2)cc1. The van der Waals surface area contributed by atoms with Gasteiger partial charge >= 0.3 is 0 Å². The van der Waals surface area contributed by atoms with E-state index in [1.807, 2.05) is 36.4 Å². The summed E-state index contributed by atoms with van der Waals surface area (Å²) in [6, 6.07) is 15.9. The van der Waals surface area contributed by atoms with Gasteiger partial charge in [-0.3, -0.25) is 0 Å². The Morgan fingerprint density at radius 2 is 1.75 bits per heavy atom. The van der Waals surface area contributed by atoms with Crippen molar-refractivity contribution in [1.29, 1.82) is 0 Å². The van der Waals surface area contributed by atoms with Gasteiger partial charge in [-0.2, -0.15) is 0 Å². The first-order valence-corrected chi connectivity index (χ1v) is 8.85. The highest BCUT2D eigenvalue weighted by Crippen LogP contribution is 2.16. The van der Waals surface area contributed by atoms with Crippen molar-refractivity contribution in [3.63, 3.8) is 0 Å². The van der Waals surface area contributed by atoms with Crippen molar-refractivity contribution in [3.8, 4) is 5.75 Å². The van der Waals surface area contributed by atoms with E-state index in [1.54, 1.807) is 0 Å². The number of aryl methyl sites for hydroxylation is 1. The predicted octanol–water partition coefficient (Wildman–Crippen LogP) is 4.38. The lowest BCUT2D eigenvalue weighted by atomic mass is 10.1. The van der Waals surface area contributed by atoms with Gasteiger partial charge in [-0.25, -0.2) is 0 Å². The Labute approximate surface area is 149 Å². The van der Waals surface area contributed by atoms with Gasteiger partial charge in [-0.1, -0.05) is 49.2 Å². The molecule has 2 aromatic rings. The second-order valence-electron chi connectivity index (χ2n) is 6.04. The number of nitrogens with one attached hydrogen (secondary N) is 1. The molecular formula is C20H26ClNO2. The molecule has 2 N–H and O–H groups in total. The Morgan fingerprint density at radius 1 is 1.08 bits per heavy atom. The number of halogens is 1. The van der Waals surface area contributed by atoms with Crippen LogP contribution >= 0.6 is 11.6 Å². The number of rotatable bonds is 9. The maximum absolute atomic E-state index is 10.1. The molecule has 0 aliphatic heterocycles. The van der Waals surface area contributed by atoms with Crippen molar-refractivity contribution in [1.82, 2.24) is 5.32 Å². The van der Waals surface area contributed by atoms with Crippen LogP contribution in [0.15, 0.2) is 48.5 Å². The van der Waals surface area contributed by atoms with Gasteiger partial charge in [-0.05, 0) is 48.7 Å². The summed E-state index contributed by atoms with van der Waals surface area (Å²) < 4.78 is 5.65. The van der Waals surface area contributed by atoms with E-state index in [4.69, 9.17) is 16.3 Å². The zero-order chi connectivity index (χ0) is 17.4. The first kappa shape index (κ1) is 18.8. The molecule has 0 aliphatic rings. The summed E-state index contributed by atoms with van der Waals surface area (Å²) >= 11 is 5.89. The summed E-state index contributed by atoms with van der Waals surface area (Å²) in [7, 11) is 0. The third-order valence-electron chi connectivity index (χ3n) is 3.93. The molecule has 0 fully saturated rings. The number of benzene rings is 2. The van der Waals surface area contributed by atoms with Gasteiger partial charge in [0.25, 0.3) is 0 Å². The molecule has 0 aliphatic carbocycles. The van der Waals surface area contributed by atoms with Crippen molar-refractivity contribution in [2.75, 3.05) is 13.2 Å². The van der Waals surface area contributed by atoms with Gasteiger partial charge in [0.05, 0.1) is 0 Å². The number of hydrogen-bond acceptors (Lipinski definition) is 3. The summed E-state index contributed by atoms with van der Waals surface area (Å²) in [5.74, 6) is 0.791. The molecule has 0 radical (unpaired) electrons. The van der Waals surface area contributed by atoms with E-state index in [0.29, 0.717) is 6.54 Å². The van der Waals surface area contributed by atoms with E-state index in [2.05, 4.69) is 31.3 Å². The van der Waals surface area contributed by atoms with Crippen LogP contribution in [0.4, 0.5) is 0 Å². The maximum atomic E-state index is 10.1. The molecule has 0 amide bonds. The molecule has 0 heterocycles. The van der Waals surface area contributed by atoms with Crippen LogP contribution in [0, 0.1) is 0 Å². The van der Waals surface area contributed by atoms with E-state index < -0.39 is 6.10 Å². The Hall–Kier alpha value is -1.55. The Morgan fingerprint density at radius 3 is 2.38 bits per heavy atom.